The van der Waals surface area contributed by atoms with Gasteiger partial charge in [0.05, 0.1) is 25.2 Å². The lowest BCUT2D eigenvalue weighted by Gasteiger charge is -2.31. The van der Waals surface area contributed by atoms with Gasteiger partial charge in [-0.2, -0.15) is 0 Å². The number of carbonyl (C=O) groups is 15. The molecule has 0 aromatic heterocycles. The SMILES string of the molecule is CC(C)C[C@H](NC(=O)[C@H](CC(C)C)NC(=O)[C@@H](NC(=O)[C@H](CC(C)C)NC(=O)[C@@H]1CCCN1C(=O)[C@H](CO)NC(=O)[C@@H](NC(=O)[C@H](CCC(N)=O)NC(=O)[C@H](CCC(=O)O)NC(=O)[C@H](CCCN=C(N)N)NC(=O)[C@@H](N)CC(N)=O)C(C)C)[C@@H](C)O)C(=O)N[C@@H](CCCCN)C(N)=O. The van der Waals surface area contributed by atoms with E-state index in [4.69, 9.17) is 40.1 Å². The van der Waals surface area contributed by atoms with Gasteiger partial charge in [-0.25, -0.2) is 0 Å². The highest BCUT2D eigenvalue weighted by atomic mass is 16.4. The number of unbranched alkanes of at least 4 members (excludes halogenated alkanes) is 1. The maximum Gasteiger partial charge on any atom is 0.303 e. The second-order valence-corrected chi connectivity index (χ2v) is 26.1. The summed E-state index contributed by atoms with van der Waals surface area (Å²) in [4.78, 5) is 206. The lowest BCUT2D eigenvalue weighted by Crippen LogP contribution is -2.62. The molecule has 0 unspecified atom stereocenters. The zero-order chi connectivity index (χ0) is 74.8. The lowest BCUT2D eigenvalue weighted by atomic mass is 9.99. The first-order valence-corrected chi connectivity index (χ1v) is 33.0. The number of carbonyl (C=O) groups excluding carboxylic acids is 14. The number of aliphatic hydroxyl groups is 2. The first-order chi connectivity index (χ1) is 45.7. The fourth-order valence-electron chi connectivity index (χ4n) is 10.4. The Morgan fingerprint density at radius 3 is 1.37 bits per heavy atom. The lowest BCUT2D eigenvalue weighted by molar-refractivity contribution is -0.143. The summed E-state index contributed by atoms with van der Waals surface area (Å²) in [6.45, 7) is 14.0. The van der Waals surface area contributed by atoms with Crippen LogP contribution in [0, 0.1) is 23.7 Å². The van der Waals surface area contributed by atoms with Crippen molar-refractivity contribution in [3.05, 3.63) is 0 Å². The van der Waals surface area contributed by atoms with Gasteiger partial charge in [0.15, 0.2) is 5.96 Å². The maximum atomic E-state index is 14.3. The smallest absolute Gasteiger partial charge is 0.303 e. The molecule has 37 nitrogen and oxygen atoms in total. The van der Waals surface area contributed by atoms with Crippen LogP contribution in [0.4, 0.5) is 0 Å². The van der Waals surface area contributed by atoms with E-state index in [-0.39, 0.29) is 88.2 Å². The van der Waals surface area contributed by atoms with Crippen LogP contribution < -0.4 is 93.3 Å². The van der Waals surface area contributed by atoms with Crippen molar-refractivity contribution in [2.45, 2.75) is 237 Å². The number of carboxylic acids is 1. The predicted octanol–water partition coefficient (Wildman–Crippen LogP) is -7.01. The second-order valence-electron chi connectivity index (χ2n) is 26.1. The Labute approximate surface area is 570 Å². The molecule has 98 heavy (non-hydrogen) atoms. The van der Waals surface area contributed by atoms with Gasteiger partial charge in [-0.1, -0.05) is 55.4 Å². The molecular formula is C61H109N19O18. The summed E-state index contributed by atoms with van der Waals surface area (Å²) in [5.41, 5.74) is 38.3. The number of rotatable bonds is 47. The molecule has 0 bridgehead atoms. The summed E-state index contributed by atoms with van der Waals surface area (Å²) in [5, 5.41) is 56.0. The van der Waals surface area contributed by atoms with Crippen LogP contribution in [0.15, 0.2) is 4.99 Å². The molecule has 14 amide bonds. The minimum Gasteiger partial charge on any atom is -0.481 e. The molecule has 0 aromatic carbocycles. The van der Waals surface area contributed by atoms with Crippen LogP contribution in [-0.4, -0.2) is 220 Å². The third kappa shape index (κ3) is 32.5. The molecule has 37 heteroatoms. The van der Waals surface area contributed by atoms with Crippen molar-refractivity contribution in [2.75, 3.05) is 26.2 Å². The van der Waals surface area contributed by atoms with E-state index in [9.17, 15) is 87.2 Å². The second kappa shape index (κ2) is 44.2. The van der Waals surface area contributed by atoms with Crippen molar-refractivity contribution < 1.29 is 87.2 Å². The van der Waals surface area contributed by atoms with Gasteiger partial charge in [0.25, 0.3) is 0 Å². The fraction of sp³-hybridized carbons (Fsp3) is 0.738. The maximum absolute atomic E-state index is 14.3. The van der Waals surface area contributed by atoms with Gasteiger partial charge in [0.2, 0.25) is 82.7 Å². The number of aliphatic hydroxyl groups excluding tert-OH is 2. The molecule has 1 aliphatic rings. The summed E-state index contributed by atoms with van der Waals surface area (Å²) in [5.74, 6) is -16.5. The monoisotopic (exact) mass is 1400 g/mol. The number of amides is 14. The first-order valence-electron chi connectivity index (χ1n) is 33.0. The van der Waals surface area contributed by atoms with Gasteiger partial charge in [-0.15, -0.1) is 0 Å². The predicted molar refractivity (Wildman–Crippen MR) is 355 cm³/mol. The number of nitrogens with one attached hydrogen (secondary N) is 10. The Kier molecular flexibility index (Phi) is 39.3. The van der Waals surface area contributed by atoms with Gasteiger partial charge >= 0.3 is 5.97 Å². The molecule has 1 aliphatic heterocycles. The van der Waals surface area contributed by atoms with E-state index in [1.807, 2.05) is 13.8 Å². The molecular weight excluding hydrogens is 1290 g/mol. The number of guanidine groups is 1. The van der Waals surface area contributed by atoms with Crippen LogP contribution in [0.1, 0.15) is 159 Å². The summed E-state index contributed by atoms with van der Waals surface area (Å²) >= 11 is 0. The number of hydrogen-bond donors (Lipinski definition) is 20. The Balaban J connectivity index is 3.47. The number of nitrogens with two attached hydrogens (primary N) is 7. The normalized spacial score (nSPS) is 16.5. The van der Waals surface area contributed by atoms with Crippen LogP contribution in [-0.2, 0) is 71.9 Å². The van der Waals surface area contributed by atoms with Crippen molar-refractivity contribution in [3.63, 3.8) is 0 Å². The Morgan fingerprint density at radius 2 is 0.908 bits per heavy atom. The summed E-state index contributed by atoms with van der Waals surface area (Å²) in [7, 11) is 0. The standard InChI is InChI=1S/C61H109N19O18/c1-29(2)24-39(54(92)70-35(49(66)87)14-10-11-21-62)74-55(93)40(25-30(3)4)76-59(97)48(33(9)82)79-56(94)41(26-31(5)6)75-57(95)43-16-13-23-80(43)60(98)42(28-81)77-58(96)47(32(7)8)78-53(91)37(17-19-44(64)83)72-52(90)38(18-20-46(85)86)73-51(89)36(15-12-22-69-61(67)68)71-50(88)34(63)27-45(65)84/h29-43,47-48,81-82H,10-28,62-63H2,1-9H3,(H2,64,83)(H2,65,84)(H2,66,87)(H,70,92)(H,71,88)(H,72,90)(H,73,89)(H,74,93)(H,75,95)(H,76,97)(H,77,96)(H,78,91)(H,79,94)(H,85,86)(H4,67,68,69)/t33-,34+,35+,36+,37+,38+,39+,40+,41+,42+,43+,47+,48+/m1/s1. The van der Waals surface area contributed by atoms with Gasteiger partial charge in [-0.3, -0.25) is 76.9 Å². The molecule has 1 heterocycles. The summed E-state index contributed by atoms with van der Waals surface area (Å²) in [6, 6.07) is -17.8. The fourth-order valence-corrected chi connectivity index (χ4v) is 10.4. The molecule has 0 spiro atoms. The highest BCUT2D eigenvalue weighted by Crippen LogP contribution is 2.21. The number of nitrogens with zero attached hydrogens (tertiary/aromatic N) is 2. The zero-order valence-electron chi connectivity index (χ0n) is 57.7. The summed E-state index contributed by atoms with van der Waals surface area (Å²) < 4.78 is 0. The minimum atomic E-state index is -1.76. The Bertz CT molecular complexity index is 2770. The highest BCUT2D eigenvalue weighted by molar-refractivity contribution is 6.00. The average molecular weight is 1400 g/mol. The first kappa shape index (κ1) is 87.2. The number of primary amides is 3. The molecule has 1 saturated heterocycles. The van der Waals surface area contributed by atoms with E-state index in [1.165, 1.54) is 20.8 Å². The minimum absolute atomic E-state index is 0.0308. The molecule has 0 radical (unpaired) electrons. The molecule has 0 aliphatic carbocycles. The Hall–Kier alpha value is -8.84. The van der Waals surface area contributed by atoms with Crippen LogP contribution in [0.2, 0.25) is 0 Å². The highest BCUT2D eigenvalue weighted by Gasteiger charge is 2.42. The van der Waals surface area contributed by atoms with E-state index in [0.717, 1.165) is 4.90 Å². The number of likely N-dealkylation sites (tertiary alicyclic amines) is 1. The van der Waals surface area contributed by atoms with Gasteiger partial charge < -0.3 is 114 Å². The topological polar surface area (TPSA) is 635 Å². The van der Waals surface area contributed by atoms with E-state index < -0.39 is 212 Å². The third-order valence-electron chi connectivity index (χ3n) is 15.5. The van der Waals surface area contributed by atoms with Crippen LogP contribution in [0.5, 0.6) is 0 Å². The molecule has 27 N–H and O–H groups in total. The van der Waals surface area contributed by atoms with Crippen LogP contribution in [0.3, 0.4) is 0 Å². The van der Waals surface area contributed by atoms with E-state index in [2.05, 4.69) is 58.2 Å². The zero-order valence-corrected chi connectivity index (χ0v) is 57.7. The Morgan fingerprint density at radius 1 is 0.490 bits per heavy atom. The van der Waals surface area contributed by atoms with Gasteiger partial charge in [-0.05, 0) is 114 Å². The van der Waals surface area contributed by atoms with E-state index in [1.54, 1.807) is 27.7 Å². The molecule has 1 rings (SSSR count). The third-order valence-corrected chi connectivity index (χ3v) is 15.5. The number of carboxylic acid groups (broad SMARTS) is 1. The van der Waals surface area contributed by atoms with Crippen molar-refractivity contribution in [3.8, 4) is 0 Å². The summed E-state index contributed by atoms with van der Waals surface area (Å²) in [6.07, 6.45) is -3.08. The van der Waals surface area contributed by atoms with Crippen molar-refractivity contribution in [2.24, 2.45) is 68.8 Å². The largest absolute Gasteiger partial charge is 0.481 e. The molecule has 556 valence electrons. The van der Waals surface area contributed by atoms with Gasteiger partial charge in [0.1, 0.15) is 66.5 Å². The number of hydrogen-bond acceptors (Lipinski definition) is 20. The number of aliphatic imine (C=N–C) groups is 1. The molecule has 0 aromatic rings. The van der Waals surface area contributed by atoms with Crippen molar-refractivity contribution in [1.29, 1.82) is 0 Å². The molecule has 13 atom stereocenters. The van der Waals surface area contributed by atoms with E-state index in [0.29, 0.717) is 19.4 Å². The van der Waals surface area contributed by atoms with E-state index >= 15 is 0 Å². The number of aliphatic carboxylic acids is 1. The quantitative estimate of drug-likeness (QED) is 0.0153. The molecule has 1 fully saturated rings. The van der Waals surface area contributed by atoms with Crippen molar-refractivity contribution >= 4 is 94.6 Å². The van der Waals surface area contributed by atoms with Gasteiger partial charge in [0, 0.05) is 25.9 Å². The average Bonchev–Trinajstić information content (AvgIpc) is 1.53. The van der Waals surface area contributed by atoms with Crippen LogP contribution >= 0.6 is 0 Å². The molecule has 0 saturated carbocycles. The van der Waals surface area contributed by atoms with Crippen LogP contribution in [0.25, 0.3) is 0 Å². The van der Waals surface area contributed by atoms with Crippen molar-refractivity contribution in [1.82, 2.24) is 58.1 Å².